The first-order valence-electron chi connectivity index (χ1n) is 16.9. The van der Waals surface area contributed by atoms with E-state index in [2.05, 4.69) is 5.32 Å². The van der Waals surface area contributed by atoms with Crippen molar-refractivity contribution < 1.29 is 51.0 Å². The van der Waals surface area contributed by atoms with Gasteiger partial charge in [0.15, 0.2) is 5.60 Å². The molecule has 11 nitrogen and oxygen atoms in total. The van der Waals surface area contributed by atoms with E-state index in [1.165, 1.54) is 23.6 Å². The second-order valence-corrected chi connectivity index (χ2v) is 15.2. The first-order valence-corrected chi connectivity index (χ1v) is 16.9. The standard InChI is InChI=1S/C34H48F5N5O6/c1-19(2)44(21-10-11-33(31(3,4)5,43(18-21)30(48)49)12-13-40-20-8-9-20)28(46)22-16-24-25(17-23(22)34(37,38)39)50-32(6,7)29(47)42(24)15-14-41-27(45)26(35)36/h16-17,19-21,26,40H,8-15,18H2,1-7H3,(H,41,45)(H,48,49)/t21-,33-/m1/s1. The van der Waals surface area contributed by atoms with Crippen molar-refractivity contribution in [3.8, 4) is 5.75 Å². The van der Waals surface area contributed by atoms with Crippen LogP contribution in [0.4, 0.5) is 32.4 Å². The van der Waals surface area contributed by atoms with Crippen LogP contribution in [0.3, 0.4) is 0 Å². The molecule has 3 aliphatic rings. The van der Waals surface area contributed by atoms with E-state index in [4.69, 9.17) is 4.74 Å². The molecular weight excluding hydrogens is 669 g/mol. The Hall–Kier alpha value is -3.69. The first-order chi connectivity index (χ1) is 23.0. The van der Waals surface area contributed by atoms with Crippen LogP contribution in [0.15, 0.2) is 12.1 Å². The number of benzene rings is 1. The second kappa shape index (κ2) is 14.1. The summed E-state index contributed by atoms with van der Waals surface area (Å²) in [6, 6.07) is 0.520. The molecule has 280 valence electrons. The molecular formula is C34H48F5N5O6. The Balaban J connectivity index is 1.74. The lowest BCUT2D eigenvalue weighted by Crippen LogP contribution is -2.67. The van der Waals surface area contributed by atoms with Crippen LogP contribution in [0.1, 0.15) is 96.5 Å². The van der Waals surface area contributed by atoms with E-state index in [1.54, 1.807) is 13.8 Å². The molecule has 0 bridgehead atoms. The van der Waals surface area contributed by atoms with Crippen molar-refractivity contribution in [2.45, 2.75) is 122 Å². The number of carbonyl (C=O) groups is 4. The molecule has 16 heteroatoms. The number of nitrogens with zero attached hydrogens (tertiary/aromatic N) is 3. The van der Waals surface area contributed by atoms with Crippen LogP contribution in [0.25, 0.3) is 0 Å². The summed E-state index contributed by atoms with van der Waals surface area (Å²) in [5.74, 6) is -3.69. The number of ether oxygens (including phenoxy) is 1. The lowest BCUT2D eigenvalue weighted by atomic mass is 9.65. The summed E-state index contributed by atoms with van der Waals surface area (Å²) < 4.78 is 75.3. The number of piperidine rings is 1. The van der Waals surface area contributed by atoms with E-state index >= 15 is 0 Å². The van der Waals surface area contributed by atoms with Crippen molar-refractivity contribution in [1.82, 2.24) is 20.4 Å². The molecule has 0 spiro atoms. The maximum absolute atomic E-state index is 14.7. The SMILES string of the molecule is CC(C)N(C(=O)c1cc2c(cc1C(F)(F)F)OC(C)(C)C(=O)N2CCNC(=O)C(F)F)[C@@H]1CC[C@@](CCNC2CC2)(C(C)(C)C)N(C(=O)O)C1. The van der Waals surface area contributed by atoms with Crippen LogP contribution in [-0.2, 0) is 15.8 Å². The van der Waals surface area contributed by atoms with E-state index in [-0.39, 0.29) is 18.0 Å². The van der Waals surface area contributed by atoms with Gasteiger partial charge in [-0.25, -0.2) is 4.79 Å². The van der Waals surface area contributed by atoms with Gasteiger partial charge in [0.2, 0.25) is 0 Å². The summed E-state index contributed by atoms with van der Waals surface area (Å²) in [4.78, 5) is 55.7. The van der Waals surface area contributed by atoms with E-state index in [0.717, 1.165) is 23.8 Å². The molecule has 0 radical (unpaired) electrons. The summed E-state index contributed by atoms with van der Waals surface area (Å²) in [6.45, 7) is 11.4. The Bertz CT molecular complexity index is 1480. The molecule has 0 aromatic heterocycles. The Morgan fingerprint density at radius 1 is 1.08 bits per heavy atom. The Morgan fingerprint density at radius 3 is 2.24 bits per heavy atom. The highest BCUT2D eigenvalue weighted by molar-refractivity contribution is 6.05. The third-order valence-corrected chi connectivity index (χ3v) is 10.0. The number of anilines is 1. The van der Waals surface area contributed by atoms with Crippen LogP contribution in [-0.4, -0.2) is 101 Å². The quantitative estimate of drug-likeness (QED) is 0.258. The van der Waals surface area contributed by atoms with Gasteiger partial charge in [-0.1, -0.05) is 20.8 Å². The van der Waals surface area contributed by atoms with Crippen molar-refractivity contribution in [2.75, 3.05) is 31.1 Å². The van der Waals surface area contributed by atoms with Crippen molar-refractivity contribution in [2.24, 2.45) is 5.41 Å². The smallest absolute Gasteiger partial charge is 0.417 e. The number of amides is 4. The van der Waals surface area contributed by atoms with Crippen LogP contribution in [0, 0.1) is 5.41 Å². The zero-order valence-corrected chi connectivity index (χ0v) is 29.5. The number of hydrogen-bond acceptors (Lipinski definition) is 6. The highest BCUT2D eigenvalue weighted by Crippen LogP contribution is 2.48. The van der Waals surface area contributed by atoms with Gasteiger partial charge in [-0.2, -0.15) is 22.0 Å². The van der Waals surface area contributed by atoms with E-state index in [9.17, 15) is 46.2 Å². The lowest BCUT2D eigenvalue weighted by Gasteiger charge is -2.57. The third kappa shape index (κ3) is 7.94. The van der Waals surface area contributed by atoms with Crippen molar-refractivity contribution in [3.05, 3.63) is 23.3 Å². The first kappa shape index (κ1) is 39.1. The normalized spacial score (nSPS) is 22.4. The van der Waals surface area contributed by atoms with Gasteiger partial charge in [-0.15, -0.1) is 0 Å². The fourth-order valence-corrected chi connectivity index (χ4v) is 7.27. The molecule has 1 saturated carbocycles. The number of rotatable bonds is 11. The van der Waals surface area contributed by atoms with Gasteiger partial charge in [0.1, 0.15) is 5.75 Å². The Kier molecular flexibility index (Phi) is 11.1. The van der Waals surface area contributed by atoms with Crippen molar-refractivity contribution in [3.63, 3.8) is 0 Å². The molecule has 50 heavy (non-hydrogen) atoms. The van der Waals surface area contributed by atoms with Crippen molar-refractivity contribution in [1.29, 1.82) is 0 Å². The number of likely N-dealkylation sites (tertiary alicyclic amines) is 1. The minimum absolute atomic E-state index is 0.127. The largest absolute Gasteiger partial charge is 0.476 e. The van der Waals surface area contributed by atoms with Crippen LogP contribution < -0.4 is 20.3 Å². The number of carbonyl (C=O) groups excluding carboxylic acids is 3. The van der Waals surface area contributed by atoms with Crippen molar-refractivity contribution >= 4 is 29.5 Å². The van der Waals surface area contributed by atoms with E-state index < -0.39 is 89.3 Å². The molecule has 0 unspecified atom stereocenters. The van der Waals surface area contributed by atoms with Crippen LogP contribution in [0.5, 0.6) is 5.75 Å². The minimum Gasteiger partial charge on any atom is -0.476 e. The summed E-state index contributed by atoms with van der Waals surface area (Å²) in [5, 5.41) is 15.9. The number of nitrogens with one attached hydrogen (secondary N) is 2. The van der Waals surface area contributed by atoms with E-state index in [0.29, 0.717) is 37.9 Å². The number of carboxylic acid groups (broad SMARTS) is 1. The molecule has 2 heterocycles. The molecule has 2 aliphatic heterocycles. The molecule has 1 aromatic carbocycles. The predicted molar refractivity (Wildman–Crippen MR) is 174 cm³/mol. The Labute approximate surface area is 288 Å². The summed E-state index contributed by atoms with van der Waals surface area (Å²) in [6.07, 6.45) is -6.21. The number of fused-ring (bicyclic) bond motifs is 1. The number of halogens is 5. The van der Waals surface area contributed by atoms with Gasteiger partial charge in [-0.3, -0.25) is 14.4 Å². The van der Waals surface area contributed by atoms with Gasteiger partial charge in [0.05, 0.1) is 28.4 Å². The summed E-state index contributed by atoms with van der Waals surface area (Å²) in [7, 11) is 0. The zero-order chi connectivity index (χ0) is 37.6. The number of alkyl halides is 5. The molecule has 4 amide bonds. The van der Waals surface area contributed by atoms with Gasteiger partial charge < -0.3 is 35.2 Å². The maximum atomic E-state index is 14.7. The molecule has 1 saturated heterocycles. The average molecular weight is 718 g/mol. The summed E-state index contributed by atoms with van der Waals surface area (Å²) >= 11 is 0. The highest BCUT2D eigenvalue weighted by atomic mass is 19.4. The molecule has 1 aromatic rings. The molecule has 2 fully saturated rings. The molecule has 4 rings (SSSR count). The van der Waals surface area contributed by atoms with Gasteiger partial charge >= 0.3 is 18.7 Å². The lowest BCUT2D eigenvalue weighted by molar-refractivity contribution is -0.138. The van der Waals surface area contributed by atoms with Gasteiger partial charge in [0, 0.05) is 31.7 Å². The van der Waals surface area contributed by atoms with Crippen LogP contribution >= 0.6 is 0 Å². The maximum Gasteiger partial charge on any atom is 0.417 e. The molecule has 3 N–H and O–H groups in total. The monoisotopic (exact) mass is 717 g/mol. The fraction of sp³-hybridized carbons (Fsp3) is 0.706. The average Bonchev–Trinajstić information content (AvgIpc) is 3.82. The Morgan fingerprint density at radius 2 is 1.72 bits per heavy atom. The minimum atomic E-state index is -5.04. The van der Waals surface area contributed by atoms with Crippen LogP contribution in [0.2, 0.25) is 0 Å². The predicted octanol–water partition coefficient (Wildman–Crippen LogP) is 5.51. The molecule has 2 atom stereocenters. The second-order valence-electron chi connectivity index (χ2n) is 15.2. The van der Waals surface area contributed by atoms with E-state index in [1.807, 2.05) is 26.1 Å². The summed E-state index contributed by atoms with van der Waals surface area (Å²) in [5.41, 5.74) is -5.28. The van der Waals surface area contributed by atoms with Gasteiger partial charge in [0.25, 0.3) is 17.7 Å². The molecule has 1 aliphatic carbocycles. The zero-order valence-electron chi connectivity index (χ0n) is 29.5. The highest BCUT2D eigenvalue weighted by Gasteiger charge is 2.53. The topological polar surface area (TPSA) is 132 Å². The number of hydrogen-bond donors (Lipinski definition) is 3. The van der Waals surface area contributed by atoms with Gasteiger partial charge in [-0.05, 0) is 83.9 Å². The third-order valence-electron chi connectivity index (χ3n) is 10.0. The fourth-order valence-electron chi connectivity index (χ4n) is 7.27.